The molecule has 0 radical (unpaired) electrons. The lowest BCUT2D eigenvalue weighted by Crippen LogP contribution is -2.26. The zero-order valence-electron chi connectivity index (χ0n) is 15.6. The summed E-state index contributed by atoms with van der Waals surface area (Å²) in [7, 11) is 3.00. The number of halogens is 1. The highest BCUT2D eigenvalue weighted by atomic mass is 35.5. The normalized spacial score (nSPS) is 11.8. The van der Waals surface area contributed by atoms with E-state index in [9.17, 15) is 4.79 Å². The van der Waals surface area contributed by atoms with Crippen LogP contribution in [0.1, 0.15) is 42.7 Å². The predicted octanol–water partition coefficient (Wildman–Crippen LogP) is 4.64. The van der Waals surface area contributed by atoms with E-state index in [2.05, 4.69) is 5.32 Å². The molecule has 1 unspecified atom stereocenters. The molecule has 0 spiro atoms. The molecule has 0 saturated heterocycles. The van der Waals surface area contributed by atoms with Crippen LogP contribution >= 0.6 is 11.6 Å². The summed E-state index contributed by atoms with van der Waals surface area (Å²) in [6, 6.07) is 10.6. The third-order valence-corrected chi connectivity index (χ3v) is 4.05. The third kappa shape index (κ3) is 4.82. The van der Waals surface area contributed by atoms with Crippen molar-refractivity contribution in [2.45, 2.75) is 32.9 Å². The van der Waals surface area contributed by atoms with Gasteiger partial charge in [0.1, 0.15) is 5.75 Å². The summed E-state index contributed by atoms with van der Waals surface area (Å²) in [5.41, 5.74) is 1.34. The minimum Gasteiger partial charge on any atom is -0.493 e. The Labute approximate surface area is 159 Å². The topological polar surface area (TPSA) is 56.8 Å². The Morgan fingerprint density at radius 2 is 1.81 bits per heavy atom. The van der Waals surface area contributed by atoms with Gasteiger partial charge in [-0.05, 0) is 50.6 Å². The lowest BCUT2D eigenvalue weighted by atomic mass is 10.1. The van der Waals surface area contributed by atoms with E-state index in [1.54, 1.807) is 12.1 Å². The Morgan fingerprint density at radius 3 is 2.42 bits per heavy atom. The SMILES string of the molecule is COc1cc(C(=O)NC(C)c2cccc(OC(C)C)c2)cc(Cl)c1OC. The van der Waals surface area contributed by atoms with E-state index in [-0.39, 0.29) is 18.1 Å². The predicted molar refractivity (Wildman–Crippen MR) is 103 cm³/mol. The highest BCUT2D eigenvalue weighted by molar-refractivity contribution is 6.32. The highest BCUT2D eigenvalue weighted by Crippen LogP contribution is 2.36. The molecule has 0 heterocycles. The first-order valence-corrected chi connectivity index (χ1v) is 8.72. The largest absolute Gasteiger partial charge is 0.493 e. The number of ether oxygens (including phenoxy) is 3. The molecule has 1 atom stereocenters. The second-order valence-electron chi connectivity index (χ2n) is 6.13. The number of nitrogens with one attached hydrogen (secondary N) is 1. The van der Waals surface area contributed by atoms with Gasteiger partial charge in [-0.15, -0.1) is 0 Å². The van der Waals surface area contributed by atoms with E-state index in [4.69, 9.17) is 25.8 Å². The first kappa shape index (κ1) is 19.9. The van der Waals surface area contributed by atoms with Crippen LogP contribution in [-0.2, 0) is 0 Å². The van der Waals surface area contributed by atoms with Gasteiger partial charge in [-0.25, -0.2) is 0 Å². The molecule has 0 saturated carbocycles. The number of carbonyl (C=O) groups excluding carboxylic acids is 1. The molecule has 26 heavy (non-hydrogen) atoms. The van der Waals surface area contributed by atoms with E-state index in [0.29, 0.717) is 22.1 Å². The summed E-state index contributed by atoms with van der Waals surface area (Å²) in [5, 5.41) is 3.28. The van der Waals surface area contributed by atoms with Gasteiger partial charge in [0.05, 0.1) is 31.4 Å². The van der Waals surface area contributed by atoms with E-state index in [1.165, 1.54) is 14.2 Å². The smallest absolute Gasteiger partial charge is 0.251 e. The molecule has 6 heteroatoms. The van der Waals surface area contributed by atoms with Gasteiger partial charge in [-0.3, -0.25) is 4.79 Å². The molecule has 0 aliphatic heterocycles. The van der Waals surface area contributed by atoms with E-state index < -0.39 is 0 Å². The molecule has 2 aromatic carbocycles. The van der Waals surface area contributed by atoms with E-state index >= 15 is 0 Å². The minimum atomic E-state index is -0.254. The monoisotopic (exact) mass is 377 g/mol. The molecule has 1 amide bonds. The maximum Gasteiger partial charge on any atom is 0.251 e. The Morgan fingerprint density at radius 1 is 1.08 bits per heavy atom. The molecule has 5 nitrogen and oxygen atoms in total. The van der Waals surface area contributed by atoms with Gasteiger partial charge in [0.15, 0.2) is 11.5 Å². The van der Waals surface area contributed by atoms with Crippen LogP contribution in [-0.4, -0.2) is 26.2 Å². The second-order valence-corrected chi connectivity index (χ2v) is 6.54. The van der Waals surface area contributed by atoms with Crippen molar-refractivity contribution in [3.8, 4) is 17.2 Å². The Bertz CT molecular complexity index is 776. The van der Waals surface area contributed by atoms with Gasteiger partial charge >= 0.3 is 0 Å². The summed E-state index contributed by atoms with van der Waals surface area (Å²) in [5.74, 6) is 1.32. The van der Waals surface area contributed by atoms with Crippen molar-refractivity contribution in [2.24, 2.45) is 0 Å². The summed E-state index contributed by atoms with van der Waals surface area (Å²) < 4.78 is 16.1. The number of amides is 1. The summed E-state index contributed by atoms with van der Waals surface area (Å²) in [6.45, 7) is 5.85. The molecule has 0 aromatic heterocycles. The van der Waals surface area contributed by atoms with Crippen LogP contribution in [0.4, 0.5) is 0 Å². The summed E-state index contributed by atoms with van der Waals surface area (Å²) >= 11 is 6.18. The summed E-state index contributed by atoms with van der Waals surface area (Å²) in [4.78, 5) is 12.6. The summed E-state index contributed by atoms with van der Waals surface area (Å²) in [6.07, 6.45) is 0.0871. The van der Waals surface area contributed by atoms with Crippen LogP contribution in [0, 0.1) is 0 Å². The molecule has 140 valence electrons. The van der Waals surface area contributed by atoms with E-state index in [0.717, 1.165) is 11.3 Å². The maximum atomic E-state index is 12.6. The fourth-order valence-corrected chi connectivity index (χ4v) is 2.83. The fraction of sp³-hybridized carbons (Fsp3) is 0.350. The van der Waals surface area contributed by atoms with Crippen LogP contribution in [0.3, 0.4) is 0 Å². The molecule has 0 bridgehead atoms. The van der Waals surface area contributed by atoms with Crippen molar-refractivity contribution < 1.29 is 19.0 Å². The van der Waals surface area contributed by atoms with Gasteiger partial charge < -0.3 is 19.5 Å². The Kier molecular flexibility index (Phi) is 6.75. The van der Waals surface area contributed by atoms with E-state index in [1.807, 2.05) is 45.0 Å². The zero-order valence-corrected chi connectivity index (χ0v) is 16.4. The Balaban J connectivity index is 2.18. The molecule has 0 aliphatic rings. The molecular formula is C20H24ClNO4. The molecule has 2 rings (SSSR count). The molecule has 2 aromatic rings. The van der Waals surface area contributed by atoms with Crippen molar-refractivity contribution in [3.63, 3.8) is 0 Å². The van der Waals surface area contributed by atoms with Crippen LogP contribution < -0.4 is 19.5 Å². The van der Waals surface area contributed by atoms with Gasteiger partial charge in [0.25, 0.3) is 5.91 Å². The van der Waals surface area contributed by atoms with Crippen LogP contribution in [0.2, 0.25) is 5.02 Å². The average molecular weight is 378 g/mol. The van der Waals surface area contributed by atoms with Crippen molar-refractivity contribution >= 4 is 17.5 Å². The third-order valence-electron chi connectivity index (χ3n) is 3.77. The lowest BCUT2D eigenvalue weighted by Gasteiger charge is -2.17. The fourth-order valence-electron chi connectivity index (χ4n) is 2.54. The van der Waals surface area contributed by atoms with Gasteiger partial charge in [-0.2, -0.15) is 0 Å². The van der Waals surface area contributed by atoms with Crippen molar-refractivity contribution in [1.29, 1.82) is 0 Å². The number of carbonyl (C=O) groups is 1. The molecule has 1 N–H and O–H groups in total. The number of benzene rings is 2. The first-order valence-electron chi connectivity index (χ1n) is 8.34. The number of hydrogen-bond acceptors (Lipinski definition) is 4. The van der Waals surface area contributed by atoms with Crippen LogP contribution in [0.25, 0.3) is 0 Å². The first-order chi connectivity index (χ1) is 12.3. The average Bonchev–Trinajstić information content (AvgIpc) is 2.60. The zero-order chi connectivity index (χ0) is 19.3. The number of methoxy groups -OCH3 is 2. The number of rotatable bonds is 7. The van der Waals surface area contributed by atoms with Gasteiger partial charge in [-0.1, -0.05) is 23.7 Å². The Hall–Kier alpha value is -2.40. The van der Waals surface area contributed by atoms with Crippen molar-refractivity contribution in [1.82, 2.24) is 5.32 Å². The van der Waals surface area contributed by atoms with Crippen molar-refractivity contribution in [2.75, 3.05) is 14.2 Å². The molecule has 0 fully saturated rings. The van der Waals surface area contributed by atoms with Crippen LogP contribution in [0.15, 0.2) is 36.4 Å². The lowest BCUT2D eigenvalue weighted by molar-refractivity contribution is 0.0939. The quantitative estimate of drug-likeness (QED) is 0.763. The number of hydrogen-bond donors (Lipinski definition) is 1. The highest BCUT2D eigenvalue weighted by Gasteiger charge is 2.17. The second kappa shape index (κ2) is 8.81. The molecular weight excluding hydrogens is 354 g/mol. The molecule has 0 aliphatic carbocycles. The van der Waals surface area contributed by atoms with Crippen molar-refractivity contribution in [3.05, 3.63) is 52.5 Å². The van der Waals surface area contributed by atoms with Gasteiger partial charge in [0, 0.05) is 5.56 Å². The van der Waals surface area contributed by atoms with Crippen LogP contribution in [0.5, 0.6) is 17.2 Å². The minimum absolute atomic E-state index is 0.0871. The maximum absolute atomic E-state index is 12.6. The van der Waals surface area contributed by atoms with Gasteiger partial charge in [0.2, 0.25) is 0 Å². The standard InChI is InChI=1S/C20H24ClNO4/c1-12(2)26-16-8-6-7-14(9-16)13(3)22-20(23)15-10-17(21)19(25-5)18(11-15)24-4/h6-13H,1-5H3,(H,22,23).